The van der Waals surface area contributed by atoms with Crippen LogP contribution in [-0.2, 0) is 6.42 Å². The molecule has 0 amide bonds. The van der Waals surface area contributed by atoms with Gasteiger partial charge in [-0.1, -0.05) is 52.3 Å². The fraction of sp³-hybridized carbons (Fsp3) is 0.217. The highest BCUT2D eigenvalue weighted by molar-refractivity contribution is 9.10. The van der Waals surface area contributed by atoms with Crippen molar-refractivity contribution in [2.24, 2.45) is 5.73 Å². The average molecular weight is 441 g/mol. The summed E-state index contributed by atoms with van der Waals surface area (Å²) in [5.74, 6) is 1.63. The Morgan fingerprint density at radius 1 is 0.893 bits per heavy atom. The van der Waals surface area contributed by atoms with Crippen LogP contribution in [0.1, 0.15) is 17.2 Å². The molecule has 4 nitrogen and oxygen atoms in total. The molecule has 0 aliphatic rings. The van der Waals surface area contributed by atoms with Crippen LogP contribution in [0.15, 0.2) is 77.3 Å². The van der Waals surface area contributed by atoms with Crippen LogP contribution in [0, 0.1) is 0 Å². The van der Waals surface area contributed by atoms with Gasteiger partial charge in [-0.15, -0.1) is 0 Å². The molecule has 5 heteroatoms. The molecule has 0 fully saturated rings. The molecule has 0 saturated heterocycles. The van der Waals surface area contributed by atoms with Gasteiger partial charge in [0.1, 0.15) is 11.5 Å². The van der Waals surface area contributed by atoms with E-state index in [-0.39, 0.29) is 12.1 Å². The maximum atomic E-state index is 6.71. The second kappa shape index (κ2) is 9.62. The van der Waals surface area contributed by atoms with E-state index in [1.54, 1.807) is 14.2 Å². The lowest BCUT2D eigenvalue weighted by atomic mass is 9.93. The second-order valence-electron chi connectivity index (χ2n) is 6.55. The molecule has 3 aromatic rings. The summed E-state index contributed by atoms with van der Waals surface area (Å²) in [7, 11) is 3.34. The van der Waals surface area contributed by atoms with Crippen molar-refractivity contribution in [3.8, 4) is 11.5 Å². The minimum atomic E-state index is -0.169. The van der Waals surface area contributed by atoms with E-state index in [4.69, 9.17) is 15.2 Å². The zero-order chi connectivity index (χ0) is 19.9. The number of methoxy groups -OCH3 is 2. The van der Waals surface area contributed by atoms with Gasteiger partial charge in [-0.05, 0) is 48.4 Å². The standard InChI is InChI=1S/C23H25BrN2O2/c1-27-18-13-11-17(12-14-18)26-23(19-8-4-6-10-22(19)28-2)21(25)15-16-7-3-5-9-20(16)24/h3-14,21,23,26H,15,25H2,1-2H3/t21-,23+/m0/s1. The molecule has 0 spiro atoms. The van der Waals surface area contributed by atoms with Crippen molar-refractivity contribution in [1.29, 1.82) is 0 Å². The van der Waals surface area contributed by atoms with Gasteiger partial charge in [0, 0.05) is 21.8 Å². The molecule has 0 aliphatic carbocycles. The van der Waals surface area contributed by atoms with Crippen LogP contribution in [0.3, 0.4) is 0 Å². The van der Waals surface area contributed by atoms with Crippen LogP contribution < -0.4 is 20.5 Å². The lowest BCUT2D eigenvalue weighted by Gasteiger charge is -2.28. The summed E-state index contributed by atoms with van der Waals surface area (Å²) in [5, 5.41) is 3.58. The summed E-state index contributed by atoms with van der Waals surface area (Å²) in [6.07, 6.45) is 0.716. The molecule has 3 rings (SSSR count). The van der Waals surface area contributed by atoms with Gasteiger partial charge in [0.2, 0.25) is 0 Å². The van der Waals surface area contributed by atoms with E-state index >= 15 is 0 Å². The van der Waals surface area contributed by atoms with Gasteiger partial charge in [-0.25, -0.2) is 0 Å². The zero-order valence-electron chi connectivity index (χ0n) is 16.1. The molecule has 0 bridgehead atoms. The molecule has 0 radical (unpaired) electrons. The molecule has 28 heavy (non-hydrogen) atoms. The maximum Gasteiger partial charge on any atom is 0.124 e. The Kier molecular flexibility index (Phi) is 6.95. The van der Waals surface area contributed by atoms with E-state index in [0.717, 1.165) is 27.2 Å². The smallest absolute Gasteiger partial charge is 0.124 e. The number of hydrogen-bond donors (Lipinski definition) is 2. The van der Waals surface area contributed by atoms with Crippen molar-refractivity contribution < 1.29 is 9.47 Å². The van der Waals surface area contributed by atoms with Gasteiger partial charge in [-0.3, -0.25) is 0 Å². The number of ether oxygens (including phenoxy) is 2. The SMILES string of the molecule is COc1ccc(N[C@H](c2ccccc2OC)[C@@H](N)Cc2ccccc2Br)cc1. The average Bonchev–Trinajstić information content (AvgIpc) is 2.74. The van der Waals surface area contributed by atoms with E-state index in [1.165, 1.54) is 5.56 Å². The molecule has 0 saturated carbocycles. The minimum absolute atomic E-state index is 0.128. The molecule has 3 aromatic carbocycles. The molecule has 3 N–H and O–H groups in total. The zero-order valence-corrected chi connectivity index (χ0v) is 17.6. The minimum Gasteiger partial charge on any atom is -0.497 e. The summed E-state index contributed by atoms with van der Waals surface area (Å²) in [4.78, 5) is 0. The summed E-state index contributed by atoms with van der Waals surface area (Å²) in [5.41, 5.74) is 9.89. The first kappa shape index (κ1) is 20.2. The fourth-order valence-electron chi connectivity index (χ4n) is 3.24. The van der Waals surface area contributed by atoms with E-state index in [2.05, 4.69) is 33.4 Å². The van der Waals surface area contributed by atoms with Crippen LogP contribution in [0.4, 0.5) is 5.69 Å². The Labute approximate surface area is 174 Å². The first-order valence-electron chi connectivity index (χ1n) is 9.15. The quantitative estimate of drug-likeness (QED) is 0.505. The van der Waals surface area contributed by atoms with Crippen molar-refractivity contribution in [3.05, 3.63) is 88.4 Å². The lowest BCUT2D eigenvalue weighted by Crippen LogP contribution is -2.35. The largest absolute Gasteiger partial charge is 0.497 e. The molecule has 0 aromatic heterocycles. The van der Waals surface area contributed by atoms with E-state index in [9.17, 15) is 0 Å². The number of nitrogens with one attached hydrogen (secondary N) is 1. The summed E-state index contributed by atoms with van der Waals surface area (Å²) < 4.78 is 11.9. The molecule has 0 aliphatic heterocycles. The highest BCUT2D eigenvalue weighted by Gasteiger charge is 2.24. The topological polar surface area (TPSA) is 56.5 Å². The third-order valence-electron chi connectivity index (χ3n) is 4.73. The van der Waals surface area contributed by atoms with Crippen LogP contribution in [0.2, 0.25) is 0 Å². The van der Waals surface area contributed by atoms with Crippen molar-refractivity contribution in [3.63, 3.8) is 0 Å². The molecule has 0 unspecified atom stereocenters. The van der Waals surface area contributed by atoms with Crippen molar-refractivity contribution in [1.82, 2.24) is 0 Å². The predicted molar refractivity (Wildman–Crippen MR) is 118 cm³/mol. The summed E-state index contributed by atoms with van der Waals surface area (Å²) in [6, 6.07) is 23.7. The predicted octanol–water partition coefficient (Wildman–Crippen LogP) is 5.19. The molecular weight excluding hydrogens is 416 g/mol. The Morgan fingerprint density at radius 3 is 2.25 bits per heavy atom. The van der Waals surface area contributed by atoms with Crippen molar-refractivity contribution >= 4 is 21.6 Å². The number of rotatable bonds is 8. The number of benzene rings is 3. The Morgan fingerprint density at radius 2 is 1.57 bits per heavy atom. The Balaban J connectivity index is 1.92. The normalized spacial score (nSPS) is 12.9. The van der Waals surface area contributed by atoms with Gasteiger partial charge in [0.15, 0.2) is 0 Å². The van der Waals surface area contributed by atoms with Crippen LogP contribution >= 0.6 is 15.9 Å². The van der Waals surface area contributed by atoms with Gasteiger partial charge < -0.3 is 20.5 Å². The highest BCUT2D eigenvalue weighted by atomic mass is 79.9. The Hall–Kier alpha value is -2.50. The van der Waals surface area contributed by atoms with Gasteiger partial charge in [0.25, 0.3) is 0 Å². The van der Waals surface area contributed by atoms with Crippen molar-refractivity contribution in [2.45, 2.75) is 18.5 Å². The van der Waals surface area contributed by atoms with E-state index in [1.807, 2.05) is 60.7 Å². The van der Waals surface area contributed by atoms with Gasteiger partial charge >= 0.3 is 0 Å². The third kappa shape index (κ3) is 4.86. The summed E-state index contributed by atoms with van der Waals surface area (Å²) >= 11 is 3.63. The van der Waals surface area contributed by atoms with Crippen LogP contribution in [0.5, 0.6) is 11.5 Å². The molecule has 2 atom stereocenters. The Bertz CT molecular complexity index is 899. The number of hydrogen-bond acceptors (Lipinski definition) is 4. The van der Waals surface area contributed by atoms with E-state index in [0.29, 0.717) is 6.42 Å². The first-order chi connectivity index (χ1) is 13.6. The molecule has 146 valence electrons. The molecular formula is C23H25BrN2O2. The summed E-state index contributed by atoms with van der Waals surface area (Å²) in [6.45, 7) is 0. The van der Waals surface area contributed by atoms with Crippen molar-refractivity contribution in [2.75, 3.05) is 19.5 Å². The maximum absolute atomic E-state index is 6.71. The number of halogens is 1. The van der Waals surface area contributed by atoms with Crippen LogP contribution in [-0.4, -0.2) is 20.3 Å². The van der Waals surface area contributed by atoms with E-state index < -0.39 is 0 Å². The second-order valence-corrected chi connectivity index (χ2v) is 7.41. The van der Waals surface area contributed by atoms with Gasteiger partial charge in [-0.2, -0.15) is 0 Å². The molecule has 0 heterocycles. The van der Waals surface area contributed by atoms with Gasteiger partial charge in [0.05, 0.1) is 20.3 Å². The fourth-order valence-corrected chi connectivity index (χ4v) is 3.69. The lowest BCUT2D eigenvalue weighted by molar-refractivity contribution is 0.402. The van der Waals surface area contributed by atoms with Crippen LogP contribution in [0.25, 0.3) is 0 Å². The first-order valence-corrected chi connectivity index (χ1v) is 9.94. The monoisotopic (exact) mass is 440 g/mol. The number of anilines is 1. The number of para-hydroxylation sites is 1. The third-order valence-corrected chi connectivity index (χ3v) is 5.50. The number of nitrogens with two attached hydrogens (primary N) is 1. The highest BCUT2D eigenvalue weighted by Crippen LogP contribution is 2.32.